The van der Waals surface area contributed by atoms with Crippen molar-refractivity contribution >= 4 is 52.3 Å². The maximum absolute atomic E-state index is 13.1. The van der Waals surface area contributed by atoms with Crippen molar-refractivity contribution in [2.75, 3.05) is 45.2 Å². The number of aliphatic hydroxyl groups is 1. The Labute approximate surface area is 213 Å². The van der Waals surface area contributed by atoms with Crippen LogP contribution in [-0.4, -0.2) is 72.7 Å². The predicted molar refractivity (Wildman–Crippen MR) is 136 cm³/mol. The highest BCUT2D eigenvalue weighted by molar-refractivity contribution is 6.37. The Morgan fingerprint density at radius 2 is 1.91 bits per heavy atom. The highest BCUT2D eigenvalue weighted by Gasteiger charge is 2.31. The zero-order chi connectivity index (χ0) is 24.8. The Bertz CT molecular complexity index is 1080. The lowest BCUT2D eigenvalue weighted by atomic mass is 10.0. The van der Waals surface area contributed by atoms with Crippen molar-refractivity contribution in [1.82, 2.24) is 9.80 Å². The van der Waals surface area contributed by atoms with Crippen molar-refractivity contribution in [3.05, 3.63) is 58.1 Å². The number of hydrogen-bond acceptors (Lipinski definition) is 5. The smallest absolute Gasteiger partial charge is 0.246 e. The van der Waals surface area contributed by atoms with Crippen LogP contribution in [0.25, 0.3) is 11.1 Å². The van der Waals surface area contributed by atoms with Gasteiger partial charge in [0.15, 0.2) is 0 Å². The van der Waals surface area contributed by atoms with Gasteiger partial charge in [0.25, 0.3) is 0 Å². The number of carbonyl (C=O) groups is 2. The van der Waals surface area contributed by atoms with Crippen LogP contribution in [0.4, 0.5) is 5.69 Å². The number of rotatable bonds is 8. The molecule has 1 unspecified atom stereocenters. The summed E-state index contributed by atoms with van der Waals surface area (Å²) in [6.45, 7) is 4.53. The summed E-state index contributed by atoms with van der Waals surface area (Å²) in [6.07, 6.45) is 1.62. The van der Waals surface area contributed by atoms with E-state index in [9.17, 15) is 14.7 Å². The Kier molecular flexibility index (Phi) is 9.08. The predicted octanol–water partition coefficient (Wildman–Crippen LogP) is 4.34. The molecule has 0 spiro atoms. The fraction of sp³-hybridized carbons (Fsp3) is 0.333. The standard InChI is InChI=1S/C24H26Cl3N3O4/c1-3-23(32)29-7-8-30(16(14-29)6-9-31)24(33)13-28-21-11-18(20(27)12-22(21)34-2)17-10-15(25)4-5-19(17)26/h3-5,10-12,16,28,31H,1,6-9,13-14H2,2H3. The lowest BCUT2D eigenvalue weighted by molar-refractivity contribution is -0.140. The zero-order valence-corrected chi connectivity index (χ0v) is 21.0. The molecule has 1 heterocycles. The number of nitrogens with zero attached hydrogens (tertiary/aromatic N) is 2. The van der Waals surface area contributed by atoms with Crippen LogP contribution in [0.5, 0.6) is 5.75 Å². The average Bonchev–Trinajstić information content (AvgIpc) is 2.84. The summed E-state index contributed by atoms with van der Waals surface area (Å²) in [5, 5.41) is 14.0. The molecule has 34 heavy (non-hydrogen) atoms. The Morgan fingerprint density at radius 3 is 2.59 bits per heavy atom. The van der Waals surface area contributed by atoms with E-state index in [-0.39, 0.29) is 31.0 Å². The second kappa shape index (κ2) is 11.8. The van der Waals surface area contributed by atoms with Gasteiger partial charge in [-0.3, -0.25) is 9.59 Å². The van der Waals surface area contributed by atoms with Crippen molar-refractivity contribution in [1.29, 1.82) is 0 Å². The molecule has 2 aromatic rings. The molecular weight excluding hydrogens is 501 g/mol. The summed E-state index contributed by atoms with van der Waals surface area (Å²) in [7, 11) is 1.51. The van der Waals surface area contributed by atoms with E-state index < -0.39 is 0 Å². The number of anilines is 1. The second-order valence-electron chi connectivity index (χ2n) is 7.75. The van der Waals surface area contributed by atoms with E-state index in [0.29, 0.717) is 63.7 Å². The van der Waals surface area contributed by atoms with Crippen LogP contribution >= 0.6 is 34.8 Å². The van der Waals surface area contributed by atoms with E-state index in [4.69, 9.17) is 39.5 Å². The lowest BCUT2D eigenvalue weighted by Gasteiger charge is -2.41. The van der Waals surface area contributed by atoms with Crippen LogP contribution < -0.4 is 10.1 Å². The van der Waals surface area contributed by atoms with Crippen LogP contribution in [-0.2, 0) is 9.59 Å². The monoisotopic (exact) mass is 525 g/mol. The molecule has 0 aromatic heterocycles. The number of halogens is 3. The minimum Gasteiger partial charge on any atom is -0.495 e. The number of piperazine rings is 1. The van der Waals surface area contributed by atoms with Crippen molar-refractivity contribution in [2.45, 2.75) is 12.5 Å². The van der Waals surface area contributed by atoms with Crippen LogP contribution in [0, 0.1) is 0 Å². The summed E-state index contributed by atoms with van der Waals surface area (Å²) in [4.78, 5) is 28.4. The lowest BCUT2D eigenvalue weighted by Crippen LogP contribution is -2.57. The van der Waals surface area contributed by atoms with E-state index in [1.807, 2.05) is 0 Å². The number of nitrogens with one attached hydrogen (secondary N) is 1. The first-order valence-electron chi connectivity index (χ1n) is 10.7. The topological polar surface area (TPSA) is 82.1 Å². The van der Waals surface area contributed by atoms with E-state index in [1.165, 1.54) is 13.2 Å². The van der Waals surface area contributed by atoms with Crippen LogP contribution in [0.15, 0.2) is 43.0 Å². The molecule has 1 saturated heterocycles. The summed E-state index contributed by atoms with van der Waals surface area (Å²) in [6, 6.07) is 8.22. The van der Waals surface area contributed by atoms with Gasteiger partial charge in [0.2, 0.25) is 11.8 Å². The van der Waals surface area contributed by atoms with E-state index in [1.54, 1.807) is 40.1 Å². The first-order valence-corrected chi connectivity index (χ1v) is 11.8. The molecule has 0 aliphatic carbocycles. The number of methoxy groups -OCH3 is 1. The van der Waals surface area contributed by atoms with Gasteiger partial charge in [-0.1, -0.05) is 41.4 Å². The molecular formula is C24H26Cl3N3O4. The van der Waals surface area contributed by atoms with E-state index >= 15 is 0 Å². The third-order valence-corrected chi connectivity index (χ3v) is 6.57. The first-order chi connectivity index (χ1) is 16.3. The Hall–Kier alpha value is -2.45. The van der Waals surface area contributed by atoms with Crippen molar-refractivity contribution < 1.29 is 19.4 Å². The molecule has 10 heteroatoms. The Balaban J connectivity index is 1.80. The maximum atomic E-state index is 13.1. The maximum Gasteiger partial charge on any atom is 0.246 e. The molecule has 2 amide bonds. The van der Waals surface area contributed by atoms with Gasteiger partial charge in [-0.25, -0.2) is 0 Å². The highest BCUT2D eigenvalue weighted by atomic mass is 35.5. The number of aliphatic hydroxyl groups excluding tert-OH is 1. The third-order valence-electron chi connectivity index (χ3n) is 5.69. The van der Waals surface area contributed by atoms with Gasteiger partial charge < -0.3 is 25.0 Å². The summed E-state index contributed by atoms with van der Waals surface area (Å²) >= 11 is 19.0. The van der Waals surface area contributed by atoms with Gasteiger partial charge in [-0.05, 0) is 36.8 Å². The summed E-state index contributed by atoms with van der Waals surface area (Å²) in [5.41, 5.74) is 1.85. The molecule has 0 radical (unpaired) electrons. The highest BCUT2D eigenvalue weighted by Crippen LogP contribution is 2.40. The van der Waals surface area contributed by atoms with Gasteiger partial charge in [0.1, 0.15) is 5.75 Å². The van der Waals surface area contributed by atoms with Crippen LogP contribution in [0.1, 0.15) is 6.42 Å². The third kappa shape index (κ3) is 5.96. The zero-order valence-electron chi connectivity index (χ0n) is 18.7. The minimum atomic E-state index is -0.287. The van der Waals surface area contributed by atoms with Gasteiger partial charge in [-0.15, -0.1) is 0 Å². The van der Waals surface area contributed by atoms with E-state index in [2.05, 4.69) is 11.9 Å². The number of ether oxygens (including phenoxy) is 1. The fourth-order valence-electron chi connectivity index (χ4n) is 3.95. The normalized spacial score (nSPS) is 15.7. The molecule has 1 aliphatic rings. The number of carbonyl (C=O) groups excluding carboxylic acids is 2. The van der Waals surface area contributed by atoms with Crippen LogP contribution in [0.3, 0.4) is 0 Å². The molecule has 1 aliphatic heterocycles. The summed E-state index contributed by atoms with van der Waals surface area (Å²) < 4.78 is 5.44. The number of hydrogen-bond donors (Lipinski definition) is 2. The minimum absolute atomic E-state index is 0.0158. The second-order valence-corrected chi connectivity index (χ2v) is 9.00. The molecule has 2 aromatic carbocycles. The van der Waals surface area contributed by atoms with Gasteiger partial charge in [0, 0.05) is 53.5 Å². The molecule has 1 fully saturated rings. The number of amides is 2. The molecule has 7 nitrogen and oxygen atoms in total. The van der Waals surface area contributed by atoms with Crippen molar-refractivity contribution in [3.63, 3.8) is 0 Å². The van der Waals surface area contributed by atoms with E-state index in [0.717, 1.165) is 0 Å². The molecule has 0 saturated carbocycles. The van der Waals surface area contributed by atoms with Crippen molar-refractivity contribution in [3.8, 4) is 16.9 Å². The van der Waals surface area contributed by atoms with Gasteiger partial charge >= 0.3 is 0 Å². The van der Waals surface area contributed by atoms with Gasteiger partial charge in [-0.2, -0.15) is 0 Å². The van der Waals surface area contributed by atoms with Crippen molar-refractivity contribution in [2.24, 2.45) is 0 Å². The van der Waals surface area contributed by atoms with Gasteiger partial charge in [0.05, 0.1) is 30.4 Å². The molecule has 1 atom stereocenters. The fourth-order valence-corrected chi connectivity index (χ4v) is 4.60. The molecule has 182 valence electrons. The largest absolute Gasteiger partial charge is 0.495 e. The SMILES string of the molecule is C=CC(=O)N1CCN(C(=O)CNc2cc(-c3cc(Cl)ccc3Cl)c(Cl)cc2OC)C(CCO)C1. The van der Waals surface area contributed by atoms with Crippen LogP contribution in [0.2, 0.25) is 15.1 Å². The number of benzene rings is 2. The first kappa shape index (κ1) is 26.2. The molecule has 2 N–H and O–H groups in total. The molecule has 0 bridgehead atoms. The molecule has 3 rings (SSSR count). The summed E-state index contributed by atoms with van der Waals surface area (Å²) in [5.74, 6) is 0.114. The Morgan fingerprint density at radius 1 is 1.18 bits per heavy atom. The average molecular weight is 527 g/mol. The quantitative estimate of drug-likeness (QED) is 0.500.